The summed E-state index contributed by atoms with van der Waals surface area (Å²) in [4.78, 5) is 11.7. The third-order valence-corrected chi connectivity index (χ3v) is 3.47. The Morgan fingerprint density at radius 3 is 2.21 bits per heavy atom. The Labute approximate surface area is 138 Å². The van der Waals surface area contributed by atoms with Crippen LogP contribution in [0.25, 0.3) is 0 Å². The molecule has 0 saturated heterocycles. The number of carbonyl (C=O) groups is 1. The minimum atomic E-state index is -4.85. The van der Waals surface area contributed by atoms with Gasteiger partial charge in [-0.3, -0.25) is 9.35 Å². The molecular formula is C13H19NO9S. The van der Waals surface area contributed by atoms with Gasteiger partial charge < -0.3 is 25.7 Å². The monoisotopic (exact) mass is 365 g/mol. The first-order chi connectivity index (χ1) is 11.1. The van der Waals surface area contributed by atoms with Crippen molar-refractivity contribution in [2.75, 3.05) is 6.61 Å². The third-order valence-electron chi connectivity index (χ3n) is 3.03. The van der Waals surface area contributed by atoms with E-state index in [0.29, 0.717) is 0 Å². The van der Waals surface area contributed by atoms with Crippen molar-refractivity contribution in [3.63, 3.8) is 0 Å². The van der Waals surface area contributed by atoms with Gasteiger partial charge in [-0.25, -0.2) is 4.18 Å². The minimum Gasteiger partial charge on any atom is -0.388 e. The summed E-state index contributed by atoms with van der Waals surface area (Å²) in [7, 11) is -4.85. The van der Waals surface area contributed by atoms with E-state index in [1.54, 1.807) is 30.3 Å². The first-order valence-electron chi connectivity index (χ1n) is 6.77. The largest absolute Gasteiger partial charge is 0.397 e. The average Bonchev–Trinajstić information content (AvgIpc) is 2.55. The van der Waals surface area contributed by atoms with Gasteiger partial charge in [0.05, 0.1) is 6.61 Å². The first kappa shape index (κ1) is 20.4. The summed E-state index contributed by atoms with van der Waals surface area (Å²) in [5.41, 5.74) is 0.731. The van der Waals surface area contributed by atoms with Crippen molar-refractivity contribution in [1.29, 1.82) is 0 Å². The second kappa shape index (κ2) is 9.03. The highest BCUT2D eigenvalue weighted by Crippen LogP contribution is 2.07. The first-order valence-corrected chi connectivity index (χ1v) is 8.14. The summed E-state index contributed by atoms with van der Waals surface area (Å²) in [5, 5.41) is 40.7. The standard InChI is InChI=1S/C13H19NO9S/c15-9(7-23-24(20,21)22)10(16)11(17)12(18)13(19)14-6-8-4-2-1-3-5-8/h1-5,9-12,15-18H,6-7H2,(H,14,19)(H,20,21,22)/t9-,10-,11+,12-/m1/s1. The average molecular weight is 365 g/mol. The zero-order chi connectivity index (χ0) is 18.3. The van der Waals surface area contributed by atoms with Crippen LogP contribution in [0.2, 0.25) is 0 Å². The van der Waals surface area contributed by atoms with E-state index in [2.05, 4.69) is 9.50 Å². The Morgan fingerprint density at radius 2 is 1.67 bits per heavy atom. The van der Waals surface area contributed by atoms with Crippen LogP contribution >= 0.6 is 0 Å². The van der Waals surface area contributed by atoms with Gasteiger partial charge in [-0.1, -0.05) is 30.3 Å². The molecule has 0 saturated carbocycles. The lowest BCUT2D eigenvalue weighted by atomic mass is 10.0. The van der Waals surface area contributed by atoms with Gasteiger partial charge in [0.1, 0.15) is 18.3 Å². The third kappa shape index (κ3) is 6.88. The topological polar surface area (TPSA) is 174 Å². The van der Waals surface area contributed by atoms with Crippen LogP contribution in [0, 0.1) is 0 Å². The Bertz CT molecular complexity index is 622. The fourth-order valence-corrected chi connectivity index (χ4v) is 2.02. The lowest BCUT2D eigenvalue weighted by Crippen LogP contribution is -2.51. The summed E-state index contributed by atoms with van der Waals surface area (Å²) in [6, 6.07) is 8.68. The van der Waals surface area contributed by atoms with Gasteiger partial charge in [-0.15, -0.1) is 0 Å². The Hall–Kier alpha value is -1.60. The van der Waals surface area contributed by atoms with Gasteiger partial charge in [0, 0.05) is 6.54 Å². The van der Waals surface area contributed by atoms with Crippen molar-refractivity contribution < 1.29 is 42.4 Å². The lowest BCUT2D eigenvalue weighted by molar-refractivity contribution is -0.148. The molecule has 0 aliphatic heterocycles. The lowest BCUT2D eigenvalue weighted by Gasteiger charge is -2.25. The highest BCUT2D eigenvalue weighted by atomic mass is 32.3. The second-order valence-electron chi connectivity index (χ2n) is 4.91. The molecule has 0 heterocycles. The van der Waals surface area contributed by atoms with Crippen molar-refractivity contribution in [1.82, 2.24) is 5.32 Å². The van der Waals surface area contributed by atoms with E-state index in [1.165, 1.54) is 0 Å². The maximum atomic E-state index is 11.7. The van der Waals surface area contributed by atoms with E-state index in [-0.39, 0.29) is 6.54 Å². The van der Waals surface area contributed by atoms with Crippen molar-refractivity contribution in [2.45, 2.75) is 31.0 Å². The molecule has 24 heavy (non-hydrogen) atoms. The predicted octanol–water partition coefficient (Wildman–Crippen LogP) is -2.43. The highest BCUT2D eigenvalue weighted by Gasteiger charge is 2.34. The SMILES string of the molecule is O=C(NCc1ccccc1)[C@H](O)[C@@H](O)[C@H](O)[C@H](O)COS(=O)(=O)O. The Balaban J connectivity index is 2.52. The normalized spacial score (nSPS) is 16.9. The number of rotatable bonds is 9. The molecule has 1 aromatic rings. The summed E-state index contributed by atoms with van der Waals surface area (Å²) in [6.45, 7) is -1.01. The second-order valence-corrected chi connectivity index (χ2v) is 6.00. The molecule has 1 aromatic carbocycles. The van der Waals surface area contributed by atoms with Crippen LogP contribution in [-0.4, -0.2) is 70.3 Å². The van der Waals surface area contributed by atoms with Crippen molar-refractivity contribution in [2.24, 2.45) is 0 Å². The summed E-state index contributed by atoms with van der Waals surface area (Å²) >= 11 is 0. The fraction of sp³-hybridized carbons (Fsp3) is 0.462. The van der Waals surface area contributed by atoms with Crippen LogP contribution in [0.5, 0.6) is 0 Å². The molecule has 0 spiro atoms. The molecule has 6 N–H and O–H groups in total. The summed E-state index contributed by atoms with van der Waals surface area (Å²) in [5.74, 6) is -1.01. The van der Waals surface area contributed by atoms with Gasteiger partial charge in [0.15, 0.2) is 6.10 Å². The molecule has 0 aliphatic carbocycles. The molecule has 10 nitrogen and oxygen atoms in total. The molecule has 0 aliphatic rings. The van der Waals surface area contributed by atoms with E-state index in [1.807, 2.05) is 0 Å². The molecule has 0 fully saturated rings. The van der Waals surface area contributed by atoms with E-state index in [0.717, 1.165) is 5.56 Å². The van der Waals surface area contributed by atoms with E-state index < -0.39 is 47.3 Å². The molecule has 0 bridgehead atoms. The molecule has 1 rings (SSSR count). The van der Waals surface area contributed by atoms with E-state index in [9.17, 15) is 33.6 Å². The number of hydrogen-bond acceptors (Lipinski definition) is 8. The number of benzene rings is 1. The summed E-state index contributed by atoms with van der Waals surface area (Å²) in [6.07, 6.45) is -8.26. The molecular weight excluding hydrogens is 346 g/mol. The van der Waals surface area contributed by atoms with Crippen molar-refractivity contribution in [3.05, 3.63) is 35.9 Å². The fourth-order valence-electron chi connectivity index (χ4n) is 1.71. The highest BCUT2D eigenvalue weighted by molar-refractivity contribution is 7.80. The quantitative estimate of drug-likeness (QED) is 0.260. The Morgan fingerprint density at radius 1 is 1.08 bits per heavy atom. The van der Waals surface area contributed by atoms with Crippen LogP contribution in [0.4, 0.5) is 0 Å². The summed E-state index contributed by atoms with van der Waals surface area (Å²) < 4.78 is 32.9. The number of aliphatic hydroxyl groups is 4. The van der Waals surface area contributed by atoms with Crippen LogP contribution < -0.4 is 5.32 Å². The van der Waals surface area contributed by atoms with Crippen molar-refractivity contribution >= 4 is 16.3 Å². The van der Waals surface area contributed by atoms with Gasteiger partial charge in [-0.2, -0.15) is 8.42 Å². The Kier molecular flexibility index (Phi) is 7.69. The number of hydrogen-bond donors (Lipinski definition) is 6. The molecule has 11 heteroatoms. The van der Waals surface area contributed by atoms with Crippen LogP contribution in [-0.2, 0) is 25.9 Å². The molecule has 0 radical (unpaired) electrons. The van der Waals surface area contributed by atoms with Gasteiger partial charge >= 0.3 is 10.4 Å². The van der Waals surface area contributed by atoms with Crippen LogP contribution in [0.15, 0.2) is 30.3 Å². The number of amides is 1. The number of carbonyl (C=O) groups excluding carboxylic acids is 1. The maximum Gasteiger partial charge on any atom is 0.397 e. The molecule has 136 valence electrons. The molecule has 0 unspecified atom stereocenters. The molecule has 1 amide bonds. The number of aliphatic hydroxyl groups excluding tert-OH is 4. The zero-order valence-corrected chi connectivity index (χ0v) is 13.2. The van der Waals surface area contributed by atoms with Gasteiger partial charge in [0.2, 0.25) is 0 Å². The smallest absolute Gasteiger partial charge is 0.388 e. The molecule has 0 aromatic heterocycles. The van der Waals surface area contributed by atoms with Crippen molar-refractivity contribution in [3.8, 4) is 0 Å². The van der Waals surface area contributed by atoms with E-state index in [4.69, 9.17) is 4.55 Å². The maximum absolute atomic E-state index is 11.7. The minimum absolute atomic E-state index is 0.0635. The van der Waals surface area contributed by atoms with Gasteiger partial charge in [-0.05, 0) is 5.56 Å². The molecule has 4 atom stereocenters. The van der Waals surface area contributed by atoms with E-state index >= 15 is 0 Å². The number of nitrogens with one attached hydrogen (secondary N) is 1. The van der Waals surface area contributed by atoms with Crippen LogP contribution in [0.1, 0.15) is 5.56 Å². The van der Waals surface area contributed by atoms with Gasteiger partial charge in [0.25, 0.3) is 5.91 Å². The predicted molar refractivity (Wildman–Crippen MR) is 79.8 cm³/mol. The zero-order valence-electron chi connectivity index (χ0n) is 12.4. The van der Waals surface area contributed by atoms with Crippen LogP contribution in [0.3, 0.4) is 0 Å².